The molecule has 1 heterocycles. The molecular formula is C21H20F4N4O2. The van der Waals surface area contributed by atoms with E-state index in [4.69, 9.17) is 16.2 Å². The van der Waals surface area contributed by atoms with Gasteiger partial charge in [-0.05, 0) is 24.6 Å². The first-order valence-corrected chi connectivity index (χ1v) is 9.24. The number of anilines is 1. The Morgan fingerprint density at radius 2 is 1.84 bits per heavy atom. The molecule has 0 fully saturated rings. The molecule has 0 spiro atoms. The third kappa shape index (κ3) is 4.85. The van der Waals surface area contributed by atoms with Crippen LogP contribution in [-0.4, -0.2) is 15.7 Å². The van der Waals surface area contributed by atoms with E-state index in [0.29, 0.717) is 6.07 Å². The molecule has 164 valence electrons. The van der Waals surface area contributed by atoms with Gasteiger partial charge in [0.05, 0.1) is 24.8 Å². The second-order valence-corrected chi connectivity index (χ2v) is 6.90. The van der Waals surface area contributed by atoms with Gasteiger partial charge < -0.3 is 16.2 Å². The van der Waals surface area contributed by atoms with Gasteiger partial charge in [0.1, 0.15) is 22.9 Å². The number of halogens is 4. The third-order valence-electron chi connectivity index (χ3n) is 4.76. The summed E-state index contributed by atoms with van der Waals surface area (Å²) in [6.07, 6.45) is -4.67. The number of alkyl halides is 3. The summed E-state index contributed by atoms with van der Waals surface area (Å²) in [6, 6.07) is 10.6. The van der Waals surface area contributed by atoms with Gasteiger partial charge in [0.2, 0.25) is 0 Å². The lowest BCUT2D eigenvalue weighted by Gasteiger charge is -2.16. The summed E-state index contributed by atoms with van der Waals surface area (Å²) in [4.78, 5) is 11.9. The first-order chi connectivity index (χ1) is 14.6. The van der Waals surface area contributed by atoms with Gasteiger partial charge in [0, 0.05) is 5.56 Å². The predicted molar refractivity (Wildman–Crippen MR) is 105 cm³/mol. The highest BCUT2D eigenvalue weighted by atomic mass is 19.4. The lowest BCUT2D eigenvalue weighted by atomic mass is 10.0. The monoisotopic (exact) mass is 436 g/mol. The SMILES string of the molecule is CC(c1ccc(C(F)(F)F)cc1F)n1nc(COCc2ccccc2)c(C(N)=O)c1N. The zero-order valence-corrected chi connectivity index (χ0v) is 16.5. The number of carbonyl (C=O) groups is 1. The zero-order chi connectivity index (χ0) is 22.8. The first-order valence-electron chi connectivity index (χ1n) is 9.24. The topological polar surface area (TPSA) is 96.2 Å². The van der Waals surface area contributed by atoms with Gasteiger partial charge in [-0.1, -0.05) is 36.4 Å². The van der Waals surface area contributed by atoms with Gasteiger partial charge in [0.15, 0.2) is 0 Å². The molecule has 1 atom stereocenters. The van der Waals surface area contributed by atoms with Gasteiger partial charge in [-0.3, -0.25) is 4.79 Å². The lowest BCUT2D eigenvalue weighted by molar-refractivity contribution is -0.137. The maximum Gasteiger partial charge on any atom is 0.416 e. The fourth-order valence-electron chi connectivity index (χ4n) is 3.17. The predicted octanol–water partition coefficient (Wildman–Crippen LogP) is 4.05. The van der Waals surface area contributed by atoms with Crippen molar-refractivity contribution in [3.63, 3.8) is 0 Å². The number of nitrogen functional groups attached to an aromatic ring is 1. The summed E-state index contributed by atoms with van der Waals surface area (Å²) in [5.41, 5.74) is 11.2. The molecule has 3 aromatic rings. The number of amides is 1. The Labute approximate surface area is 175 Å². The number of hydrogen-bond donors (Lipinski definition) is 2. The fraction of sp³-hybridized carbons (Fsp3) is 0.238. The molecule has 31 heavy (non-hydrogen) atoms. The van der Waals surface area contributed by atoms with Gasteiger partial charge in [-0.25, -0.2) is 9.07 Å². The number of aromatic nitrogens is 2. The molecule has 10 heteroatoms. The van der Waals surface area contributed by atoms with Crippen LogP contribution in [0, 0.1) is 5.82 Å². The number of benzene rings is 2. The van der Waals surface area contributed by atoms with Crippen LogP contribution in [0.5, 0.6) is 0 Å². The van der Waals surface area contributed by atoms with Crippen LogP contribution in [0.4, 0.5) is 23.4 Å². The van der Waals surface area contributed by atoms with Crippen molar-refractivity contribution >= 4 is 11.7 Å². The Kier molecular flexibility index (Phi) is 6.30. The number of carbonyl (C=O) groups excluding carboxylic acids is 1. The van der Waals surface area contributed by atoms with Crippen LogP contribution in [0.15, 0.2) is 48.5 Å². The van der Waals surface area contributed by atoms with Gasteiger partial charge >= 0.3 is 6.18 Å². The molecule has 1 amide bonds. The Hall–Kier alpha value is -3.40. The summed E-state index contributed by atoms with van der Waals surface area (Å²) in [7, 11) is 0. The molecule has 1 unspecified atom stereocenters. The Morgan fingerprint density at radius 1 is 1.16 bits per heavy atom. The minimum atomic E-state index is -4.67. The Balaban J connectivity index is 1.87. The minimum Gasteiger partial charge on any atom is -0.383 e. The van der Waals surface area contributed by atoms with Crippen molar-refractivity contribution in [1.82, 2.24) is 9.78 Å². The molecule has 0 aliphatic rings. The highest BCUT2D eigenvalue weighted by Crippen LogP contribution is 2.33. The summed E-state index contributed by atoms with van der Waals surface area (Å²) in [5, 5.41) is 4.23. The standard InChI is InChI=1S/C21H20F4N4O2/c1-12(15-8-7-14(9-16(15)22)21(23,24)25)29-19(26)18(20(27)30)17(28-29)11-31-10-13-5-3-2-4-6-13/h2-9,12H,10-11,26H2,1H3,(H2,27,30). The van der Waals surface area contributed by atoms with Crippen molar-refractivity contribution in [3.05, 3.63) is 82.3 Å². The van der Waals surface area contributed by atoms with Crippen LogP contribution in [0.2, 0.25) is 0 Å². The molecule has 0 aliphatic heterocycles. The second kappa shape index (κ2) is 8.76. The summed E-state index contributed by atoms with van der Waals surface area (Å²) < 4.78 is 59.6. The summed E-state index contributed by atoms with van der Waals surface area (Å²) >= 11 is 0. The van der Waals surface area contributed by atoms with E-state index in [1.54, 1.807) is 0 Å². The van der Waals surface area contributed by atoms with E-state index in [-0.39, 0.29) is 35.9 Å². The number of ether oxygens (including phenoxy) is 1. The zero-order valence-electron chi connectivity index (χ0n) is 16.5. The highest BCUT2D eigenvalue weighted by Gasteiger charge is 2.32. The smallest absolute Gasteiger partial charge is 0.383 e. The molecule has 0 bridgehead atoms. The van der Waals surface area contributed by atoms with Crippen LogP contribution < -0.4 is 11.5 Å². The molecule has 1 aromatic heterocycles. The van der Waals surface area contributed by atoms with E-state index in [9.17, 15) is 22.4 Å². The van der Waals surface area contributed by atoms with Crippen molar-refractivity contribution in [2.45, 2.75) is 32.4 Å². The van der Waals surface area contributed by atoms with Crippen molar-refractivity contribution in [2.24, 2.45) is 5.73 Å². The van der Waals surface area contributed by atoms with Crippen LogP contribution in [0.1, 0.15) is 45.7 Å². The number of primary amides is 1. The molecule has 0 saturated heterocycles. The largest absolute Gasteiger partial charge is 0.416 e. The van der Waals surface area contributed by atoms with E-state index in [1.807, 2.05) is 30.3 Å². The maximum absolute atomic E-state index is 14.4. The number of nitrogens with zero attached hydrogens (tertiary/aromatic N) is 2. The number of nitrogens with two attached hydrogens (primary N) is 2. The van der Waals surface area contributed by atoms with E-state index >= 15 is 0 Å². The number of hydrogen-bond acceptors (Lipinski definition) is 4. The minimum absolute atomic E-state index is 0.0741. The first kappa shape index (κ1) is 22.3. The molecule has 4 N–H and O–H groups in total. The van der Waals surface area contributed by atoms with Crippen LogP contribution in [-0.2, 0) is 24.1 Å². The molecule has 3 rings (SSSR count). The van der Waals surface area contributed by atoms with Crippen LogP contribution in [0.3, 0.4) is 0 Å². The molecule has 0 saturated carbocycles. The Morgan fingerprint density at radius 3 is 2.42 bits per heavy atom. The van der Waals surface area contributed by atoms with E-state index in [1.165, 1.54) is 6.92 Å². The average Bonchev–Trinajstić information content (AvgIpc) is 3.04. The lowest BCUT2D eigenvalue weighted by Crippen LogP contribution is -2.17. The molecule has 0 aliphatic carbocycles. The molecule has 0 radical (unpaired) electrons. The van der Waals surface area contributed by atoms with Gasteiger partial charge in [0.25, 0.3) is 5.91 Å². The molecule has 6 nitrogen and oxygen atoms in total. The summed E-state index contributed by atoms with van der Waals surface area (Å²) in [6.45, 7) is 1.65. The maximum atomic E-state index is 14.4. The quantitative estimate of drug-likeness (QED) is 0.546. The van der Waals surface area contributed by atoms with E-state index < -0.39 is 29.5 Å². The van der Waals surface area contributed by atoms with E-state index in [0.717, 1.165) is 22.4 Å². The van der Waals surface area contributed by atoms with E-state index in [2.05, 4.69) is 5.10 Å². The van der Waals surface area contributed by atoms with Crippen molar-refractivity contribution < 1.29 is 27.1 Å². The van der Waals surface area contributed by atoms with Gasteiger partial charge in [-0.2, -0.15) is 18.3 Å². The van der Waals surface area contributed by atoms with Crippen molar-refractivity contribution in [1.29, 1.82) is 0 Å². The molecular weight excluding hydrogens is 416 g/mol. The second-order valence-electron chi connectivity index (χ2n) is 6.90. The Bertz CT molecular complexity index is 1080. The van der Waals surface area contributed by atoms with Gasteiger partial charge in [-0.15, -0.1) is 0 Å². The van der Waals surface area contributed by atoms with Crippen LogP contribution >= 0.6 is 0 Å². The third-order valence-corrected chi connectivity index (χ3v) is 4.76. The fourth-order valence-corrected chi connectivity index (χ4v) is 3.17. The molecule has 2 aromatic carbocycles. The van der Waals surface area contributed by atoms with Crippen LogP contribution in [0.25, 0.3) is 0 Å². The van der Waals surface area contributed by atoms with Crippen molar-refractivity contribution in [2.75, 3.05) is 5.73 Å². The van der Waals surface area contributed by atoms with Crippen molar-refractivity contribution in [3.8, 4) is 0 Å². The number of rotatable bonds is 7. The summed E-state index contributed by atoms with van der Waals surface area (Å²) in [5.74, 6) is -2.04. The average molecular weight is 436 g/mol. The highest BCUT2D eigenvalue weighted by molar-refractivity contribution is 5.98. The normalized spacial score (nSPS) is 12.7.